The molecule has 0 saturated carbocycles. The molecule has 5 heteroatoms. The molecular formula is C9H11ClN2O2. The summed E-state index contributed by atoms with van der Waals surface area (Å²) in [5.74, 6) is 0. The van der Waals surface area contributed by atoms with Gasteiger partial charge in [0, 0.05) is 16.7 Å². The van der Waals surface area contributed by atoms with Crippen LogP contribution in [0.15, 0.2) is 18.2 Å². The Bertz CT molecular complexity index is 342. The summed E-state index contributed by atoms with van der Waals surface area (Å²) < 4.78 is 0. The quantitative estimate of drug-likeness (QED) is 0.616. The number of nitrogens with zero attached hydrogens (tertiary/aromatic N) is 1. The molecule has 76 valence electrons. The molecule has 0 spiro atoms. The Morgan fingerprint density at radius 3 is 2.86 bits per heavy atom. The third-order valence-corrected chi connectivity index (χ3v) is 2.12. The number of halogens is 1. The zero-order chi connectivity index (χ0) is 10.6. The van der Waals surface area contributed by atoms with E-state index in [1.165, 1.54) is 6.07 Å². The zero-order valence-corrected chi connectivity index (χ0v) is 8.54. The van der Waals surface area contributed by atoms with Gasteiger partial charge in [0.25, 0.3) is 5.69 Å². The Morgan fingerprint density at radius 2 is 2.29 bits per heavy atom. The Labute approximate surface area is 87.0 Å². The molecule has 1 aromatic carbocycles. The summed E-state index contributed by atoms with van der Waals surface area (Å²) in [6.07, 6.45) is 0.629. The lowest BCUT2D eigenvalue weighted by atomic mass is 10.1. The van der Waals surface area contributed by atoms with Crippen molar-refractivity contribution in [2.45, 2.75) is 6.42 Å². The average molecular weight is 215 g/mol. The number of hydrogen-bond acceptors (Lipinski definition) is 3. The van der Waals surface area contributed by atoms with Gasteiger partial charge < -0.3 is 5.32 Å². The first-order valence-corrected chi connectivity index (χ1v) is 4.60. The Balaban J connectivity index is 2.96. The molecule has 0 aliphatic rings. The maximum absolute atomic E-state index is 10.7. The number of hydrogen-bond donors (Lipinski definition) is 1. The predicted octanol–water partition coefficient (Wildman–Crippen LogP) is 2.01. The number of nitro benzene ring substituents is 1. The second-order valence-electron chi connectivity index (χ2n) is 2.88. The van der Waals surface area contributed by atoms with E-state index >= 15 is 0 Å². The second-order valence-corrected chi connectivity index (χ2v) is 3.32. The predicted molar refractivity (Wildman–Crippen MR) is 55.7 cm³/mol. The Hall–Kier alpha value is -1.13. The van der Waals surface area contributed by atoms with Crippen LogP contribution in [-0.2, 0) is 6.42 Å². The van der Waals surface area contributed by atoms with Crippen molar-refractivity contribution in [1.29, 1.82) is 0 Å². The van der Waals surface area contributed by atoms with Crippen molar-refractivity contribution in [2.24, 2.45) is 0 Å². The third-order valence-electron chi connectivity index (χ3n) is 1.89. The van der Waals surface area contributed by atoms with Gasteiger partial charge in [0.05, 0.1) is 4.92 Å². The molecule has 0 fully saturated rings. The van der Waals surface area contributed by atoms with Crippen molar-refractivity contribution < 1.29 is 4.92 Å². The minimum atomic E-state index is -0.406. The van der Waals surface area contributed by atoms with Gasteiger partial charge in [0.15, 0.2) is 0 Å². The van der Waals surface area contributed by atoms with Crippen molar-refractivity contribution in [3.8, 4) is 0 Å². The minimum Gasteiger partial charge on any atom is -0.319 e. The lowest BCUT2D eigenvalue weighted by Gasteiger charge is -2.02. The molecule has 0 aromatic heterocycles. The van der Waals surface area contributed by atoms with Gasteiger partial charge in [-0.25, -0.2) is 0 Å². The highest BCUT2D eigenvalue weighted by Gasteiger charge is 2.13. The molecule has 0 amide bonds. The van der Waals surface area contributed by atoms with Crippen LogP contribution in [0.4, 0.5) is 5.69 Å². The molecule has 0 radical (unpaired) electrons. The first-order chi connectivity index (χ1) is 6.65. The molecule has 0 unspecified atom stereocenters. The summed E-state index contributed by atoms with van der Waals surface area (Å²) in [6, 6.07) is 4.74. The van der Waals surface area contributed by atoms with Gasteiger partial charge in [-0.3, -0.25) is 10.1 Å². The van der Waals surface area contributed by atoms with Crippen molar-refractivity contribution in [3.63, 3.8) is 0 Å². The van der Waals surface area contributed by atoms with Gasteiger partial charge in [-0.2, -0.15) is 0 Å². The van der Waals surface area contributed by atoms with Crippen LogP contribution in [0.25, 0.3) is 0 Å². The van der Waals surface area contributed by atoms with E-state index in [-0.39, 0.29) is 5.69 Å². The highest BCUT2D eigenvalue weighted by molar-refractivity contribution is 6.30. The summed E-state index contributed by atoms with van der Waals surface area (Å²) in [6.45, 7) is 0.711. The fraction of sp³-hybridized carbons (Fsp3) is 0.333. The molecule has 1 N–H and O–H groups in total. The van der Waals surface area contributed by atoms with E-state index in [0.29, 0.717) is 23.6 Å². The van der Waals surface area contributed by atoms with E-state index in [4.69, 9.17) is 11.6 Å². The van der Waals surface area contributed by atoms with Crippen LogP contribution in [0.3, 0.4) is 0 Å². The summed E-state index contributed by atoms with van der Waals surface area (Å²) >= 11 is 5.67. The molecule has 4 nitrogen and oxygen atoms in total. The molecule has 0 saturated heterocycles. The lowest BCUT2D eigenvalue weighted by Crippen LogP contribution is -2.11. The maximum atomic E-state index is 10.7. The molecule has 0 heterocycles. The summed E-state index contributed by atoms with van der Waals surface area (Å²) in [4.78, 5) is 10.3. The Morgan fingerprint density at radius 1 is 1.57 bits per heavy atom. The number of likely N-dealkylation sites (N-methyl/N-ethyl adjacent to an activating group) is 1. The number of benzene rings is 1. The fourth-order valence-electron chi connectivity index (χ4n) is 1.18. The largest absolute Gasteiger partial charge is 0.319 e. The Kier molecular flexibility index (Phi) is 3.85. The standard InChI is InChI=1S/C9H11ClN2O2/c1-11-5-4-7-2-3-8(10)6-9(7)12(13)14/h2-3,6,11H,4-5H2,1H3. The van der Waals surface area contributed by atoms with Crippen molar-refractivity contribution in [3.05, 3.63) is 38.9 Å². The number of nitrogens with one attached hydrogen (secondary N) is 1. The molecule has 0 aliphatic carbocycles. The van der Waals surface area contributed by atoms with E-state index < -0.39 is 4.92 Å². The van der Waals surface area contributed by atoms with E-state index in [9.17, 15) is 10.1 Å². The van der Waals surface area contributed by atoms with Gasteiger partial charge >= 0.3 is 0 Å². The first kappa shape index (κ1) is 10.9. The topological polar surface area (TPSA) is 55.2 Å². The van der Waals surface area contributed by atoms with Crippen LogP contribution in [0.2, 0.25) is 5.02 Å². The highest BCUT2D eigenvalue weighted by atomic mass is 35.5. The average Bonchev–Trinajstić information content (AvgIpc) is 2.15. The second kappa shape index (κ2) is 4.93. The molecule has 1 rings (SSSR count). The van der Waals surface area contributed by atoms with E-state index in [0.717, 1.165) is 0 Å². The van der Waals surface area contributed by atoms with Crippen LogP contribution >= 0.6 is 11.6 Å². The lowest BCUT2D eigenvalue weighted by molar-refractivity contribution is -0.385. The molecule has 1 aromatic rings. The van der Waals surface area contributed by atoms with Crippen molar-refractivity contribution in [1.82, 2.24) is 5.32 Å². The van der Waals surface area contributed by atoms with Crippen LogP contribution in [0, 0.1) is 10.1 Å². The zero-order valence-electron chi connectivity index (χ0n) is 7.79. The molecule has 0 atom stereocenters. The summed E-state index contributed by atoms with van der Waals surface area (Å²) in [5, 5.41) is 14.0. The SMILES string of the molecule is CNCCc1ccc(Cl)cc1[N+](=O)[O-]. The summed E-state index contributed by atoms with van der Waals surface area (Å²) in [7, 11) is 1.81. The van der Waals surface area contributed by atoms with Crippen LogP contribution in [0.1, 0.15) is 5.56 Å². The molecule has 0 bridgehead atoms. The van der Waals surface area contributed by atoms with E-state index in [2.05, 4.69) is 5.32 Å². The van der Waals surface area contributed by atoms with Crippen LogP contribution in [0.5, 0.6) is 0 Å². The number of rotatable bonds is 4. The summed E-state index contributed by atoms with van der Waals surface area (Å²) in [5.41, 5.74) is 0.793. The van der Waals surface area contributed by atoms with Gasteiger partial charge in [-0.1, -0.05) is 17.7 Å². The van der Waals surface area contributed by atoms with E-state index in [1.807, 2.05) is 7.05 Å². The smallest absolute Gasteiger partial charge is 0.274 e. The van der Waals surface area contributed by atoms with Gasteiger partial charge in [-0.05, 0) is 26.1 Å². The van der Waals surface area contributed by atoms with Crippen molar-refractivity contribution >= 4 is 17.3 Å². The third kappa shape index (κ3) is 2.68. The van der Waals surface area contributed by atoms with Crippen molar-refractivity contribution in [2.75, 3.05) is 13.6 Å². The van der Waals surface area contributed by atoms with Gasteiger partial charge in [0.2, 0.25) is 0 Å². The normalized spacial score (nSPS) is 10.1. The first-order valence-electron chi connectivity index (χ1n) is 4.22. The maximum Gasteiger partial charge on any atom is 0.274 e. The van der Waals surface area contributed by atoms with Gasteiger partial charge in [-0.15, -0.1) is 0 Å². The minimum absolute atomic E-state index is 0.0905. The molecule has 0 aliphatic heterocycles. The van der Waals surface area contributed by atoms with E-state index in [1.54, 1.807) is 12.1 Å². The number of nitro groups is 1. The van der Waals surface area contributed by atoms with Crippen LogP contribution in [-0.4, -0.2) is 18.5 Å². The fourth-order valence-corrected chi connectivity index (χ4v) is 1.34. The van der Waals surface area contributed by atoms with Crippen LogP contribution < -0.4 is 5.32 Å². The molecular weight excluding hydrogens is 204 g/mol. The van der Waals surface area contributed by atoms with Gasteiger partial charge in [0.1, 0.15) is 0 Å². The monoisotopic (exact) mass is 214 g/mol. The molecule has 14 heavy (non-hydrogen) atoms. The highest BCUT2D eigenvalue weighted by Crippen LogP contribution is 2.23.